The highest BCUT2D eigenvalue weighted by atomic mass is 14.5. The summed E-state index contributed by atoms with van der Waals surface area (Å²) in [7, 11) is 0. The van der Waals surface area contributed by atoms with Crippen molar-refractivity contribution in [3.63, 3.8) is 0 Å². The summed E-state index contributed by atoms with van der Waals surface area (Å²) < 4.78 is 0. The van der Waals surface area contributed by atoms with Crippen LogP contribution in [0, 0.1) is 11.8 Å². The Kier molecular flexibility index (Phi) is 1.32. The van der Waals surface area contributed by atoms with Crippen LogP contribution >= 0.6 is 0 Å². The minimum atomic E-state index is 0.446. The van der Waals surface area contributed by atoms with E-state index in [4.69, 9.17) is 0 Å². The minimum absolute atomic E-state index is 0.446. The lowest BCUT2D eigenvalue weighted by atomic mass is 10.0. The molecule has 0 amide bonds. The summed E-state index contributed by atoms with van der Waals surface area (Å²) in [5.41, 5.74) is 1.90. The maximum atomic E-state index is 2.39. The highest BCUT2D eigenvalue weighted by molar-refractivity contribution is 5.36. The third-order valence-electron chi connectivity index (χ3n) is 2.45. The molecule has 1 saturated carbocycles. The average molecular weight is 145 g/mol. The summed E-state index contributed by atoms with van der Waals surface area (Å²) in [6.45, 7) is 4.56. The van der Waals surface area contributed by atoms with Crippen molar-refractivity contribution in [1.29, 1.82) is 0 Å². The van der Waals surface area contributed by atoms with E-state index < -0.39 is 0 Å². The van der Waals surface area contributed by atoms with Crippen molar-refractivity contribution in [3.05, 3.63) is 42.3 Å². The van der Waals surface area contributed by atoms with E-state index >= 15 is 0 Å². The van der Waals surface area contributed by atoms with E-state index in [1.54, 1.807) is 0 Å². The van der Waals surface area contributed by atoms with Crippen LogP contribution in [0.15, 0.2) is 30.3 Å². The second-order valence-corrected chi connectivity index (χ2v) is 3.88. The van der Waals surface area contributed by atoms with Gasteiger partial charge >= 0.3 is 0 Å². The van der Waals surface area contributed by atoms with Crippen LogP contribution in [0.4, 0.5) is 0 Å². The van der Waals surface area contributed by atoms with Crippen molar-refractivity contribution in [2.75, 3.05) is 0 Å². The van der Waals surface area contributed by atoms with Crippen molar-refractivity contribution < 1.29 is 0 Å². The molecule has 0 heteroatoms. The second-order valence-electron chi connectivity index (χ2n) is 3.88. The predicted octanol–water partition coefficient (Wildman–Crippen LogP) is 3.01. The van der Waals surface area contributed by atoms with Gasteiger partial charge < -0.3 is 0 Å². The van der Waals surface area contributed by atoms with Gasteiger partial charge in [-0.3, -0.25) is 0 Å². The first-order valence-corrected chi connectivity index (χ1v) is 4.11. The molecular formula is C11H13. The van der Waals surface area contributed by atoms with E-state index in [1.807, 2.05) is 0 Å². The largest absolute Gasteiger partial charge is 0.0622 e. The fourth-order valence-corrected chi connectivity index (χ4v) is 1.57. The van der Waals surface area contributed by atoms with Gasteiger partial charge in [-0.05, 0) is 23.3 Å². The minimum Gasteiger partial charge on any atom is -0.0622 e. The fraction of sp³-hybridized carbons (Fsp3) is 0.364. The van der Waals surface area contributed by atoms with Crippen LogP contribution in [0.25, 0.3) is 0 Å². The van der Waals surface area contributed by atoms with Gasteiger partial charge in [-0.1, -0.05) is 44.2 Å². The molecule has 0 spiro atoms. The quantitative estimate of drug-likeness (QED) is 0.570. The summed E-state index contributed by atoms with van der Waals surface area (Å²) in [5, 5.41) is 0. The van der Waals surface area contributed by atoms with Crippen LogP contribution in [0.5, 0.6) is 0 Å². The van der Waals surface area contributed by atoms with Crippen LogP contribution in [-0.2, 0) is 0 Å². The molecule has 1 radical (unpaired) electrons. The number of benzene rings is 1. The van der Waals surface area contributed by atoms with Crippen LogP contribution in [0.2, 0.25) is 0 Å². The highest BCUT2D eigenvalue weighted by Gasteiger charge is 2.46. The summed E-state index contributed by atoms with van der Waals surface area (Å²) in [6.07, 6.45) is 2.39. The van der Waals surface area contributed by atoms with Crippen LogP contribution < -0.4 is 0 Å². The monoisotopic (exact) mass is 145 g/mol. The fourth-order valence-electron chi connectivity index (χ4n) is 1.57. The molecule has 1 aromatic rings. The molecule has 0 aromatic heterocycles. The van der Waals surface area contributed by atoms with Crippen LogP contribution in [0.1, 0.15) is 25.3 Å². The molecule has 1 aliphatic carbocycles. The van der Waals surface area contributed by atoms with Gasteiger partial charge in [0.05, 0.1) is 0 Å². The first-order valence-electron chi connectivity index (χ1n) is 4.11. The van der Waals surface area contributed by atoms with E-state index in [0.29, 0.717) is 11.3 Å². The molecule has 1 atom stereocenters. The number of rotatable bonds is 1. The van der Waals surface area contributed by atoms with Gasteiger partial charge in [-0.25, -0.2) is 0 Å². The Morgan fingerprint density at radius 2 is 1.64 bits per heavy atom. The average Bonchev–Trinajstić information content (AvgIpc) is 2.62. The van der Waals surface area contributed by atoms with Gasteiger partial charge in [0, 0.05) is 0 Å². The Morgan fingerprint density at radius 3 is 2.09 bits per heavy atom. The smallest absolute Gasteiger partial charge is 0.00709 e. The summed E-state index contributed by atoms with van der Waals surface area (Å²) >= 11 is 0. The molecule has 1 unspecified atom stereocenters. The molecule has 57 valence electrons. The van der Waals surface area contributed by atoms with E-state index in [0.717, 1.165) is 0 Å². The number of hydrogen-bond acceptors (Lipinski definition) is 0. The second kappa shape index (κ2) is 2.10. The van der Waals surface area contributed by atoms with Crippen molar-refractivity contribution in [1.82, 2.24) is 0 Å². The molecule has 1 aliphatic rings. The molecule has 1 fully saturated rings. The Balaban J connectivity index is 2.21. The molecule has 0 bridgehead atoms. The summed E-state index contributed by atoms with van der Waals surface area (Å²) in [5.74, 6) is 0.698. The SMILES string of the molecule is CC1(C)[CH]C1c1ccccc1. The number of hydrogen-bond donors (Lipinski definition) is 0. The van der Waals surface area contributed by atoms with E-state index in [2.05, 4.69) is 50.6 Å². The maximum absolute atomic E-state index is 2.39. The maximum Gasteiger partial charge on any atom is -0.00709 e. The zero-order valence-electron chi connectivity index (χ0n) is 7.04. The molecule has 0 aliphatic heterocycles. The molecule has 0 nitrogen and oxygen atoms in total. The summed E-state index contributed by atoms with van der Waals surface area (Å²) in [6, 6.07) is 10.7. The van der Waals surface area contributed by atoms with Crippen LogP contribution in [0.3, 0.4) is 0 Å². The van der Waals surface area contributed by atoms with Gasteiger partial charge in [0.2, 0.25) is 0 Å². The molecule has 0 N–H and O–H groups in total. The highest BCUT2D eigenvalue weighted by Crippen LogP contribution is 2.57. The first kappa shape index (κ1) is 6.90. The molecule has 11 heavy (non-hydrogen) atoms. The molecule has 1 aromatic carbocycles. The van der Waals surface area contributed by atoms with Crippen molar-refractivity contribution in [2.24, 2.45) is 5.41 Å². The lowest BCUT2D eigenvalue weighted by molar-refractivity contribution is 0.640. The van der Waals surface area contributed by atoms with Crippen LogP contribution in [-0.4, -0.2) is 0 Å². The Morgan fingerprint density at radius 1 is 1.09 bits per heavy atom. The van der Waals surface area contributed by atoms with Crippen molar-refractivity contribution in [2.45, 2.75) is 19.8 Å². The van der Waals surface area contributed by atoms with Crippen molar-refractivity contribution in [3.8, 4) is 0 Å². The lowest BCUT2D eigenvalue weighted by Gasteiger charge is -2.01. The third-order valence-corrected chi connectivity index (χ3v) is 2.45. The zero-order valence-corrected chi connectivity index (χ0v) is 7.04. The lowest BCUT2D eigenvalue weighted by Crippen LogP contribution is -1.88. The summed E-state index contributed by atoms with van der Waals surface area (Å²) in [4.78, 5) is 0. The molecular weight excluding hydrogens is 132 g/mol. The third kappa shape index (κ3) is 1.18. The standard InChI is InChI=1S/C11H13/c1-11(2)8-10(11)9-6-4-3-5-7-9/h3-8,10H,1-2H3. The van der Waals surface area contributed by atoms with Gasteiger partial charge in [-0.2, -0.15) is 0 Å². The molecule has 0 saturated heterocycles. The van der Waals surface area contributed by atoms with E-state index in [9.17, 15) is 0 Å². The normalized spacial score (nSPS) is 26.5. The molecule has 2 rings (SSSR count). The van der Waals surface area contributed by atoms with Gasteiger partial charge in [0.1, 0.15) is 0 Å². The molecule has 0 heterocycles. The predicted molar refractivity (Wildman–Crippen MR) is 47.3 cm³/mol. The first-order chi connectivity index (χ1) is 5.20. The van der Waals surface area contributed by atoms with Gasteiger partial charge in [0.25, 0.3) is 0 Å². The van der Waals surface area contributed by atoms with Crippen molar-refractivity contribution >= 4 is 0 Å². The van der Waals surface area contributed by atoms with E-state index in [1.165, 1.54) is 5.56 Å². The Bertz CT molecular complexity index is 246. The Hall–Kier alpha value is -0.780. The zero-order chi connectivity index (χ0) is 7.90. The Labute approximate surface area is 68.3 Å². The topological polar surface area (TPSA) is 0 Å². The van der Waals surface area contributed by atoms with Gasteiger partial charge in [0.15, 0.2) is 0 Å². The van der Waals surface area contributed by atoms with E-state index in [-0.39, 0.29) is 0 Å². The van der Waals surface area contributed by atoms with Gasteiger partial charge in [-0.15, -0.1) is 0 Å².